The van der Waals surface area contributed by atoms with Crippen LogP contribution in [0.15, 0.2) is 0 Å². The summed E-state index contributed by atoms with van der Waals surface area (Å²) in [4.78, 5) is 22.9. The van der Waals surface area contributed by atoms with Crippen LogP contribution in [-0.2, 0) is 14.3 Å². The van der Waals surface area contributed by atoms with Crippen molar-refractivity contribution in [3.05, 3.63) is 0 Å². The van der Waals surface area contributed by atoms with Crippen molar-refractivity contribution in [3.8, 4) is 0 Å². The summed E-state index contributed by atoms with van der Waals surface area (Å²) in [5, 5.41) is 2.94. The van der Waals surface area contributed by atoms with Gasteiger partial charge >= 0.3 is 5.97 Å². The number of carbonyl (C=O) groups is 2. The topological polar surface area (TPSA) is 55.4 Å². The van der Waals surface area contributed by atoms with E-state index in [2.05, 4.69) is 5.32 Å². The van der Waals surface area contributed by atoms with Crippen molar-refractivity contribution in [3.63, 3.8) is 0 Å². The van der Waals surface area contributed by atoms with Crippen molar-refractivity contribution in [1.82, 2.24) is 5.32 Å². The number of unbranched alkanes of at least 4 members (excludes halogenated alkanes) is 3. The van der Waals surface area contributed by atoms with Gasteiger partial charge in [0.2, 0.25) is 5.91 Å². The van der Waals surface area contributed by atoms with Crippen molar-refractivity contribution in [2.45, 2.75) is 66.2 Å². The third kappa shape index (κ3) is 8.94. The number of ether oxygens (including phenoxy) is 1. The Morgan fingerprint density at radius 3 is 2.15 bits per heavy atom. The van der Waals surface area contributed by atoms with Crippen LogP contribution in [0.1, 0.15) is 66.2 Å². The van der Waals surface area contributed by atoms with E-state index in [9.17, 15) is 9.59 Å². The summed E-state index contributed by atoms with van der Waals surface area (Å²) in [6.45, 7) is 9.10. The Morgan fingerprint density at radius 1 is 0.950 bits per heavy atom. The van der Waals surface area contributed by atoms with Gasteiger partial charge in [-0.05, 0) is 32.1 Å². The summed E-state index contributed by atoms with van der Waals surface area (Å²) in [5.74, 6) is 0.170. The molecule has 1 N–H and O–H groups in total. The van der Waals surface area contributed by atoms with Crippen LogP contribution in [0, 0.1) is 11.8 Å². The molecule has 0 bridgehead atoms. The molecule has 0 heterocycles. The zero-order valence-corrected chi connectivity index (χ0v) is 13.5. The van der Waals surface area contributed by atoms with Gasteiger partial charge in [-0.25, -0.2) is 0 Å². The molecule has 0 spiro atoms. The van der Waals surface area contributed by atoms with Gasteiger partial charge in [0.05, 0.1) is 12.5 Å². The summed E-state index contributed by atoms with van der Waals surface area (Å²) in [6.07, 6.45) is 5.69. The van der Waals surface area contributed by atoms with E-state index >= 15 is 0 Å². The number of esters is 1. The maximum atomic E-state index is 11.5. The molecule has 4 nitrogen and oxygen atoms in total. The Morgan fingerprint density at radius 2 is 1.55 bits per heavy atom. The minimum atomic E-state index is -0.0895. The molecule has 118 valence electrons. The standard InChI is InChI=1S/C16H31NO3/c1-5-13(3)15(18)17-11-9-7-8-10-12-20-16(19)14(4)6-2/h13-14H,5-12H2,1-4H3,(H,17,18). The van der Waals surface area contributed by atoms with Gasteiger partial charge in [-0.1, -0.05) is 34.1 Å². The molecule has 20 heavy (non-hydrogen) atoms. The van der Waals surface area contributed by atoms with E-state index in [1.54, 1.807) is 0 Å². The number of carbonyl (C=O) groups excluding carboxylic acids is 2. The van der Waals surface area contributed by atoms with Gasteiger partial charge in [0, 0.05) is 12.5 Å². The van der Waals surface area contributed by atoms with Gasteiger partial charge in [0.1, 0.15) is 0 Å². The lowest BCUT2D eigenvalue weighted by Gasteiger charge is -2.10. The molecule has 4 heteroatoms. The van der Waals surface area contributed by atoms with Crippen LogP contribution in [-0.4, -0.2) is 25.0 Å². The monoisotopic (exact) mass is 285 g/mol. The lowest BCUT2D eigenvalue weighted by molar-refractivity contribution is -0.148. The summed E-state index contributed by atoms with van der Waals surface area (Å²) in [5.41, 5.74) is 0. The predicted octanol–water partition coefficient (Wildman–Crippen LogP) is 3.30. The Kier molecular flexibility index (Phi) is 11.1. The third-order valence-corrected chi connectivity index (χ3v) is 3.69. The Balaban J connectivity index is 3.37. The van der Waals surface area contributed by atoms with Gasteiger partial charge in [-0.15, -0.1) is 0 Å². The molecule has 0 aliphatic heterocycles. The molecule has 0 aromatic carbocycles. The van der Waals surface area contributed by atoms with E-state index in [0.717, 1.165) is 45.1 Å². The summed E-state index contributed by atoms with van der Waals surface area (Å²) in [6, 6.07) is 0. The maximum absolute atomic E-state index is 11.5. The zero-order valence-electron chi connectivity index (χ0n) is 13.5. The maximum Gasteiger partial charge on any atom is 0.308 e. The Hall–Kier alpha value is -1.06. The van der Waals surface area contributed by atoms with Gasteiger partial charge in [0.15, 0.2) is 0 Å². The van der Waals surface area contributed by atoms with Crippen LogP contribution >= 0.6 is 0 Å². The molecular formula is C16H31NO3. The van der Waals surface area contributed by atoms with E-state index in [1.165, 1.54) is 0 Å². The molecule has 0 radical (unpaired) electrons. The molecule has 0 aliphatic rings. The highest BCUT2D eigenvalue weighted by molar-refractivity contribution is 5.78. The highest BCUT2D eigenvalue weighted by Gasteiger charge is 2.11. The normalized spacial score (nSPS) is 13.6. The Bertz CT molecular complexity index is 251. The van der Waals surface area contributed by atoms with E-state index < -0.39 is 0 Å². The van der Waals surface area contributed by atoms with Crippen LogP contribution in [0.25, 0.3) is 0 Å². The van der Waals surface area contributed by atoms with Crippen LogP contribution in [0.4, 0.5) is 0 Å². The molecule has 2 unspecified atom stereocenters. The van der Waals surface area contributed by atoms with Crippen LogP contribution < -0.4 is 5.32 Å². The molecule has 0 saturated carbocycles. The fourth-order valence-electron chi connectivity index (χ4n) is 1.63. The van der Waals surface area contributed by atoms with Crippen LogP contribution in [0.5, 0.6) is 0 Å². The van der Waals surface area contributed by atoms with Gasteiger partial charge in [-0.3, -0.25) is 9.59 Å². The van der Waals surface area contributed by atoms with Crippen molar-refractivity contribution in [1.29, 1.82) is 0 Å². The first-order chi connectivity index (χ1) is 9.52. The zero-order chi connectivity index (χ0) is 15.4. The molecule has 0 rings (SSSR count). The van der Waals surface area contributed by atoms with Gasteiger partial charge < -0.3 is 10.1 Å². The summed E-state index contributed by atoms with van der Waals surface area (Å²) < 4.78 is 5.18. The molecule has 0 saturated heterocycles. The molecule has 0 fully saturated rings. The first kappa shape index (κ1) is 18.9. The number of nitrogens with one attached hydrogen (secondary N) is 1. The number of rotatable bonds is 11. The van der Waals surface area contributed by atoms with Crippen molar-refractivity contribution in [2.75, 3.05) is 13.2 Å². The first-order valence-electron chi connectivity index (χ1n) is 7.97. The van der Waals surface area contributed by atoms with E-state index in [1.807, 2.05) is 27.7 Å². The van der Waals surface area contributed by atoms with Gasteiger partial charge in [0.25, 0.3) is 0 Å². The van der Waals surface area contributed by atoms with E-state index in [0.29, 0.717) is 6.61 Å². The minimum absolute atomic E-state index is 0.00534. The number of hydrogen-bond acceptors (Lipinski definition) is 3. The first-order valence-corrected chi connectivity index (χ1v) is 7.97. The largest absolute Gasteiger partial charge is 0.465 e. The number of amides is 1. The van der Waals surface area contributed by atoms with Crippen molar-refractivity contribution >= 4 is 11.9 Å². The van der Waals surface area contributed by atoms with Gasteiger partial charge in [-0.2, -0.15) is 0 Å². The molecule has 2 atom stereocenters. The highest BCUT2D eigenvalue weighted by atomic mass is 16.5. The molecule has 0 aromatic heterocycles. The second-order valence-electron chi connectivity index (χ2n) is 5.49. The SMILES string of the molecule is CCC(C)C(=O)NCCCCCCOC(=O)C(C)CC. The smallest absolute Gasteiger partial charge is 0.308 e. The predicted molar refractivity (Wildman–Crippen MR) is 81.3 cm³/mol. The molecule has 0 aliphatic carbocycles. The fraction of sp³-hybridized carbons (Fsp3) is 0.875. The fourth-order valence-corrected chi connectivity index (χ4v) is 1.63. The third-order valence-electron chi connectivity index (χ3n) is 3.69. The lowest BCUT2D eigenvalue weighted by Crippen LogP contribution is -2.29. The minimum Gasteiger partial charge on any atom is -0.465 e. The van der Waals surface area contributed by atoms with Crippen LogP contribution in [0.2, 0.25) is 0 Å². The average Bonchev–Trinajstić information content (AvgIpc) is 2.47. The molecule has 0 aromatic rings. The highest BCUT2D eigenvalue weighted by Crippen LogP contribution is 2.05. The van der Waals surface area contributed by atoms with E-state index in [4.69, 9.17) is 4.74 Å². The lowest BCUT2D eigenvalue weighted by atomic mass is 10.1. The quantitative estimate of drug-likeness (QED) is 0.468. The molecule has 1 amide bonds. The number of hydrogen-bond donors (Lipinski definition) is 1. The molecular weight excluding hydrogens is 254 g/mol. The van der Waals surface area contributed by atoms with Crippen molar-refractivity contribution < 1.29 is 14.3 Å². The Labute approximate surface area is 123 Å². The van der Waals surface area contributed by atoms with Crippen LogP contribution in [0.3, 0.4) is 0 Å². The summed E-state index contributed by atoms with van der Waals surface area (Å²) >= 11 is 0. The second kappa shape index (κ2) is 11.7. The van der Waals surface area contributed by atoms with Crippen molar-refractivity contribution in [2.24, 2.45) is 11.8 Å². The van der Waals surface area contributed by atoms with E-state index in [-0.39, 0.29) is 23.7 Å². The average molecular weight is 285 g/mol. The second-order valence-corrected chi connectivity index (χ2v) is 5.49. The summed E-state index contributed by atoms with van der Waals surface area (Å²) in [7, 11) is 0.